The van der Waals surface area contributed by atoms with E-state index in [4.69, 9.17) is 11.5 Å². The predicted octanol–water partition coefficient (Wildman–Crippen LogP) is 3.99. The minimum Gasteiger partial charge on any atom is -0.369 e. The number of hydrogen-bond acceptors (Lipinski definition) is 6. The third kappa shape index (κ3) is 8.60. The van der Waals surface area contributed by atoms with Crippen LogP contribution in [-0.4, -0.2) is 86.8 Å². The van der Waals surface area contributed by atoms with Crippen molar-refractivity contribution in [2.24, 2.45) is 11.5 Å². The summed E-state index contributed by atoms with van der Waals surface area (Å²) in [5, 5.41) is 11.9. The SMILES string of the molecule is Cc1c(C#N)c(C(F)(F)F)nc2c1C(=O)N(c1c[c-]ccc1)CCC(F)(F)CCCN2.NC(=O)C1(N)CC1.[CH3-].[Sr+2]. The molecular weight excluding hydrogens is 611 g/mol. The van der Waals surface area contributed by atoms with Gasteiger partial charge in [0.05, 0.1) is 16.7 Å². The molecule has 0 radical (unpaired) electrons. The van der Waals surface area contributed by atoms with Gasteiger partial charge in [0.1, 0.15) is 11.9 Å². The number of nitrogens with one attached hydrogen (secondary N) is 1. The summed E-state index contributed by atoms with van der Waals surface area (Å²) in [4.78, 5) is 28.2. The van der Waals surface area contributed by atoms with Crippen molar-refractivity contribution in [2.75, 3.05) is 23.3 Å². The van der Waals surface area contributed by atoms with E-state index in [9.17, 15) is 36.8 Å². The van der Waals surface area contributed by atoms with Crippen LogP contribution < -0.4 is 21.7 Å². The fraction of sp³-hybridized carbons (Fsp3) is 0.423. The molecule has 5 N–H and O–H groups in total. The summed E-state index contributed by atoms with van der Waals surface area (Å²) < 4.78 is 69.0. The molecule has 0 bridgehead atoms. The molecule has 1 aromatic heterocycles. The van der Waals surface area contributed by atoms with Crippen molar-refractivity contribution in [2.45, 2.75) is 56.7 Å². The average Bonchev–Trinajstić information content (AvgIpc) is 3.60. The molecule has 2 aliphatic rings. The van der Waals surface area contributed by atoms with Gasteiger partial charge in [-0.1, -0.05) is 5.69 Å². The number of rotatable bonds is 2. The first-order valence-electron chi connectivity index (χ1n) is 11.7. The van der Waals surface area contributed by atoms with Crippen molar-refractivity contribution >= 4 is 68.8 Å². The molecule has 0 spiro atoms. The molecule has 40 heavy (non-hydrogen) atoms. The summed E-state index contributed by atoms with van der Waals surface area (Å²) >= 11 is 0. The number of nitriles is 1. The molecule has 1 aromatic carbocycles. The van der Waals surface area contributed by atoms with Crippen LogP contribution in [0.1, 0.15) is 59.3 Å². The maximum atomic E-state index is 14.3. The van der Waals surface area contributed by atoms with E-state index < -0.39 is 47.6 Å². The first kappa shape index (κ1) is 35.7. The fourth-order valence-electron chi connectivity index (χ4n) is 3.81. The van der Waals surface area contributed by atoms with Gasteiger partial charge in [-0.05, 0) is 31.7 Å². The van der Waals surface area contributed by atoms with Crippen LogP contribution in [0.2, 0.25) is 0 Å². The molecule has 1 saturated carbocycles. The number of amides is 2. The number of halogens is 5. The number of alkyl halides is 5. The molecule has 1 aliphatic carbocycles. The van der Waals surface area contributed by atoms with E-state index in [-0.39, 0.29) is 101 Å². The molecule has 0 saturated heterocycles. The number of carbonyl (C=O) groups excluding carboxylic acids is 2. The van der Waals surface area contributed by atoms with E-state index in [1.54, 1.807) is 12.1 Å². The summed E-state index contributed by atoms with van der Waals surface area (Å²) in [6, 6.07) is 10.3. The van der Waals surface area contributed by atoms with Crippen LogP contribution in [0.25, 0.3) is 0 Å². The predicted molar refractivity (Wildman–Crippen MR) is 140 cm³/mol. The largest absolute Gasteiger partial charge is 2.00 e. The number of carbonyl (C=O) groups is 2. The van der Waals surface area contributed by atoms with Crippen molar-refractivity contribution < 1.29 is 31.5 Å². The van der Waals surface area contributed by atoms with Gasteiger partial charge >= 0.3 is 51.7 Å². The normalized spacial score (nSPS) is 17.6. The van der Waals surface area contributed by atoms with Gasteiger partial charge in [-0.2, -0.15) is 42.7 Å². The molecule has 2 heterocycles. The average molecular weight is 640 g/mol. The quantitative estimate of drug-likeness (QED) is 0.258. The third-order valence-electron chi connectivity index (χ3n) is 6.28. The summed E-state index contributed by atoms with van der Waals surface area (Å²) in [5.74, 6) is -4.64. The first-order chi connectivity index (χ1) is 17.7. The Morgan fingerprint density at radius 3 is 2.38 bits per heavy atom. The van der Waals surface area contributed by atoms with E-state index >= 15 is 0 Å². The zero-order valence-electron chi connectivity index (χ0n) is 22.2. The van der Waals surface area contributed by atoms with Gasteiger partial charge in [-0.3, -0.25) is 9.59 Å². The monoisotopic (exact) mass is 640 g/mol. The number of hydrogen-bond donors (Lipinski definition) is 3. The zero-order chi connectivity index (χ0) is 28.3. The van der Waals surface area contributed by atoms with Gasteiger partial charge in [0.15, 0.2) is 5.69 Å². The first-order valence-corrected chi connectivity index (χ1v) is 11.7. The molecular formula is C26H29F5N6O2Sr. The summed E-state index contributed by atoms with van der Waals surface area (Å²) in [5.41, 5.74) is 7.16. The van der Waals surface area contributed by atoms with Crippen LogP contribution in [0.4, 0.5) is 33.5 Å². The van der Waals surface area contributed by atoms with Gasteiger partial charge in [0, 0.05) is 25.9 Å². The van der Waals surface area contributed by atoms with Crippen molar-refractivity contribution in [1.82, 2.24) is 4.98 Å². The van der Waals surface area contributed by atoms with Crippen molar-refractivity contribution in [1.29, 1.82) is 5.26 Å². The Labute approximate surface area is 266 Å². The Kier molecular flexibility index (Phi) is 12.5. The maximum Gasteiger partial charge on any atom is 2.00 e. The molecule has 212 valence electrons. The summed E-state index contributed by atoms with van der Waals surface area (Å²) in [6.45, 7) is 0.744. The Bertz CT molecular complexity index is 1250. The van der Waals surface area contributed by atoms with Crippen molar-refractivity contribution in [3.05, 3.63) is 60.1 Å². The maximum absolute atomic E-state index is 14.3. The number of aromatic nitrogens is 1. The third-order valence-corrected chi connectivity index (χ3v) is 6.28. The van der Waals surface area contributed by atoms with Crippen molar-refractivity contribution in [3.8, 4) is 6.07 Å². The Balaban J connectivity index is 0.000000776. The second kappa shape index (κ2) is 14.0. The molecule has 2 amide bonds. The molecule has 1 fully saturated rings. The van der Waals surface area contributed by atoms with E-state index in [0.29, 0.717) is 0 Å². The zero-order valence-corrected chi connectivity index (χ0v) is 25.6. The number of fused-ring (bicyclic) bond motifs is 1. The van der Waals surface area contributed by atoms with Gasteiger partial charge in [-0.15, -0.1) is 6.07 Å². The molecule has 0 unspecified atom stereocenters. The number of benzene rings is 1. The summed E-state index contributed by atoms with van der Waals surface area (Å²) in [6.07, 6.45) is -4.56. The van der Waals surface area contributed by atoms with Crippen molar-refractivity contribution in [3.63, 3.8) is 0 Å². The van der Waals surface area contributed by atoms with Crippen LogP contribution in [0.3, 0.4) is 0 Å². The standard InChI is InChI=1S/C21H18F5N4O.C4H8N2O.CH3.Sr/c1-13-15(12-27)17(21(24,25)26)29-18-16(13)19(31)30(14-6-3-2-4-7-14)11-9-20(22,23)8-5-10-28-18;5-3(7)4(6)1-2-4;;/h2-3,6-7H,5,8-11H2,1H3,(H,28,29);1-2,6H2,(H2,5,7);1H3;/q-1;;-1;+2. The van der Waals surface area contributed by atoms with E-state index in [0.717, 1.165) is 17.7 Å². The number of nitrogens with two attached hydrogens (primary N) is 2. The smallest absolute Gasteiger partial charge is 0.369 e. The minimum atomic E-state index is -4.93. The summed E-state index contributed by atoms with van der Waals surface area (Å²) in [7, 11) is 0. The fourth-order valence-corrected chi connectivity index (χ4v) is 3.81. The van der Waals surface area contributed by atoms with E-state index in [2.05, 4.69) is 16.4 Å². The molecule has 4 rings (SSSR count). The Hall–Kier alpha value is -2.31. The van der Waals surface area contributed by atoms with E-state index in [1.807, 2.05) is 0 Å². The second-order valence-corrected chi connectivity index (χ2v) is 9.17. The number of anilines is 2. The van der Waals surface area contributed by atoms with Gasteiger partial charge in [0.25, 0.3) is 5.91 Å². The Morgan fingerprint density at radius 2 is 1.90 bits per heavy atom. The molecule has 2 aromatic rings. The topological polar surface area (TPSA) is 138 Å². The number of primary amides is 1. The van der Waals surface area contributed by atoms with E-state index in [1.165, 1.54) is 25.1 Å². The minimum absolute atomic E-state index is 0. The number of nitrogens with zero attached hydrogens (tertiary/aromatic N) is 3. The second-order valence-electron chi connectivity index (χ2n) is 9.17. The van der Waals surface area contributed by atoms with Crippen LogP contribution in [0, 0.1) is 31.7 Å². The van der Waals surface area contributed by atoms with Gasteiger partial charge in [-0.25, -0.2) is 13.8 Å². The van der Waals surface area contributed by atoms with Crippen LogP contribution in [0.5, 0.6) is 0 Å². The molecule has 0 atom stereocenters. The van der Waals surface area contributed by atoms with Gasteiger partial charge in [0.2, 0.25) is 11.8 Å². The van der Waals surface area contributed by atoms with Crippen LogP contribution in [0.15, 0.2) is 24.3 Å². The number of pyridine rings is 1. The molecule has 8 nitrogen and oxygen atoms in total. The Morgan fingerprint density at radius 1 is 1.25 bits per heavy atom. The molecule has 14 heteroatoms. The van der Waals surface area contributed by atoms with Gasteiger partial charge < -0.3 is 29.1 Å². The molecule has 1 aliphatic heterocycles. The van der Waals surface area contributed by atoms with Crippen LogP contribution >= 0.6 is 0 Å². The van der Waals surface area contributed by atoms with Crippen LogP contribution in [-0.2, 0) is 11.0 Å².